The molecule has 0 spiro atoms. The van der Waals surface area contributed by atoms with Crippen LogP contribution in [0.1, 0.15) is 15.9 Å². The van der Waals surface area contributed by atoms with Gasteiger partial charge in [-0.1, -0.05) is 18.2 Å². The zero-order chi connectivity index (χ0) is 23.5. The topological polar surface area (TPSA) is 121 Å². The molecule has 0 aliphatic heterocycles. The smallest absolute Gasteiger partial charge is 0.261 e. The number of aryl methyl sites for hydroxylation is 1. The molecule has 0 unspecified atom stereocenters. The van der Waals surface area contributed by atoms with E-state index in [2.05, 4.69) is 14.8 Å². The Morgan fingerprint density at radius 3 is 2.16 bits per heavy atom. The summed E-state index contributed by atoms with van der Waals surface area (Å²) in [5.74, 6) is -1.19. The predicted molar refractivity (Wildman–Crippen MR) is 121 cm³/mol. The molecule has 0 aliphatic carbocycles. The van der Waals surface area contributed by atoms with Crippen LogP contribution >= 0.6 is 0 Å². The molecule has 0 heterocycles. The first-order chi connectivity index (χ1) is 14.9. The van der Waals surface area contributed by atoms with Crippen molar-refractivity contribution >= 4 is 43.0 Å². The third-order valence-corrected chi connectivity index (χ3v) is 6.30. The summed E-state index contributed by atoms with van der Waals surface area (Å²) in [6.07, 6.45) is 1.02. The molecule has 11 heteroatoms. The zero-order valence-electron chi connectivity index (χ0n) is 17.1. The van der Waals surface area contributed by atoms with E-state index in [9.17, 15) is 26.0 Å². The number of hydrogen-bond acceptors (Lipinski definition) is 5. The molecule has 32 heavy (non-hydrogen) atoms. The minimum absolute atomic E-state index is 0.0240. The highest BCUT2D eigenvalue weighted by atomic mass is 32.2. The third kappa shape index (κ3) is 5.83. The number of benzene rings is 3. The van der Waals surface area contributed by atoms with E-state index >= 15 is 0 Å². The molecule has 0 atom stereocenters. The lowest BCUT2D eigenvalue weighted by atomic mass is 10.1. The monoisotopic (exact) mass is 477 g/mol. The van der Waals surface area contributed by atoms with Gasteiger partial charge in [-0.2, -0.15) is 0 Å². The number of rotatable bonds is 7. The second kappa shape index (κ2) is 8.97. The van der Waals surface area contributed by atoms with Crippen molar-refractivity contribution in [1.29, 1.82) is 0 Å². The molecule has 8 nitrogen and oxygen atoms in total. The van der Waals surface area contributed by atoms with Crippen LogP contribution in [0.3, 0.4) is 0 Å². The van der Waals surface area contributed by atoms with Gasteiger partial charge < -0.3 is 5.32 Å². The minimum Gasteiger partial charge on any atom is -0.322 e. The summed E-state index contributed by atoms with van der Waals surface area (Å²) in [5.41, 5.74) is 1.33. The number of nitrogens with one attached hydrogen (secondary N) is 3. The number of carbonyl (C=O) groups excluding carboxylic acids is 1. The molecule has 1 amide bonds. The third-order valence-electron chi connectivity index (χ3n) is 4.33. The lowest BCUT2D eigenvalue weighted by Gasteiger charge is -2.14. The Bertz CT molecular complexity index is 1370. The maximum Gasteiger partial charge on any atom is 0.261 e. The largest absolute Gasteiger partial charge is 0.322 e. The first-order valence-electron chi connectivity index (χ1n) is 9.22. The van der Waals surface area contributed by atoms with Crippen LogP contribution in [0.2, 0.25) is 0 Å². The summed E-state index contributed by atoms with van der Waals surface area (Å²) >= 11 is 0. The van der Waals surface area contributed by atoms with E-state index in [0.29, 0.717) is 16.9 Å². The van der Waals surface area contributed by atoms with E-state index < -0.39 is 31.8 Å². The fourth-order valence-electron chi connectivity index (χ4n) is 2.80. The van der Waals surface area contributed by atoms with Gasteiger partial charge in [0.05, 0.1) is 28.1 Å². The Morgan fingerprint density at radius 2 is 1.50 bits per heavy atom. The van der Waals surface area contributed by atoms with Gasteiger partial charge >= 0.3 is 0 Å². The van der Waals surface area contributed by atoms with Gasteiger partial charge in [0.2, 0.25) is 10.0 Å². The lowest BCUT2D eigenvalue weighted by Crippen LogP contribution is -2.19. The van der Waals surface area contributed by atoms with Crippen LogP contribution in [0, 0.1) is 12.7 Å². The van der Waals surface area contributed by atoms with Crippen molar-refractivity contribution in [3.63, 3.8) is 0 Å². The second-order valence-electron chi connectivity index (χ2n) is 6.96. The molecule has 3 rings (SSSR count). The molecule has 0 saturated carbocycles. The molecule has 0 radical (unpaired) electrons. The number of para-hydroxylation sites is 1. The number of sulfonamides is 2. The van der Waals surface area contributed by atoms with E-state index in [0.717, 1.165) is 30.5 Å². The number of carbonyl (C=O) groups is 1. The molecule has 0 fully saturated rings. The normalized spacial score (nSPS) is 11.6. The van der Waals surface area contributed by atoms with Gasteiger partial charge in [0.25, 0.3) is 15.9 Å². The fraction of sp³-hybridized carbons (Fsp3) is 0.0952. The number of halogens is 1. The van der Waals surface area contributed by atoms with Crippen LogP contribution in [0.15, 0.2) is 71.6 Å². The molecule has 3 aromatic rings. The Balaban J connectivity index is 1.86. The van der Waals surface area contributed by atoms with Crippen LogP contribution in [-0.4, -0.2) is 29.0 Å². The average molecular weight is 478 g/mol. The summed E-state index contributed by atoms with van der Waals surface area (Å²) in [6, 6.07) is 14.9. The Kier molecular flexibility index (Phi) is 6.51. The molecule has 0 aromatic heterocycles. The van der Waals surface area contributed by atoms with Gasteiger partial charge in [-0.15, -0.1) is 0 Å². The summed E-state index contributed by atoms with van der Waals surface area (Å²) in [4.78, 5) is 12.7. The van der Waals surface area contributed by atoms with E-state index in [-0.39, 0.29) is 16.1 Å². The summed E-state index contributed by atoms with van der Waals surface area (Å²) < 4.78 is 66.2. The SMILES string of the molecule is Cc1ccc(NC(=O)c2ccccc2NS(=O)(=O)c2ccc(F)cc2)cc1NS(C)(=O)=O. The van der Waals surface area contributed by atoms with Gasteiger partial charge in [-0.3, -0.25) is 14.2 Å². The first-order valence-corrected chi connectivity index (χ1v) is 12.6. The van der Waals surface area contributed by atoms with Crippen molar-refractivity contribution in [3.8, 4) is 0 Å². The fourth-order valence-corrected chi connectivity index (χ4v) is 4.49. The molecular weight excluding hydrogens is 457 g/mol. The summed E-state index contributed by atoms with van der Waals surface area (Å²) in [5, 5.41) is 2.63. The van der Waals surface area contributed by atoms with E-state index in [1.54, 1.807) is 31.2 Å². The maximum atomic E-state index is 13.1. The van der Waals surface area contributed by atoms with Gasteiger partial charge in [0.15, 0.2) is 0 Å². The van der Waals surface area contributed by atoms with Crippen molar-refractivity contribution < 1.29 is 26.0 Å². The number of amides is 1. The molecule has 0 bridgehead atoms. The maximum absolute atomic E-state index is 13.1. The molecule has 3 aromatic carbocycles. The van der Waals surface area contributed by atoms with E-state index in [1.165, 1.54) is 18.2 Å². The van der Waals surface area contributed by atoms with Crippen molar-refractivity contribution in [2.75, 3.05) is 21.0 Å². The highest BCUT2D eigenvalue weighted by Gasteiger charge is 2.19. The predicted octanol–water partition coefficient (Wildman–Crippen LogP) is 3.56. The molecular formula is C21H20FN3O5S2. The summed E-state index contributed by atoms with van der Waals surface area (Å²) in [6.45, 7) is 1.71. The van der Waals surface area contributed by atoms with Crippen LogP contribution < -0.4 is 14.8 Å². The van der Waals surface area contributed by atoms with Gasteiger partial charge in [-0.05, 0) is 61.0 Å². The Morgan fingerprint density at radius 1 is 0.844 bits per heavy atom. The molecule has 3 N–H and O–H groups in total. The van der Waals surface area contributed by atoms with E-state index in [1.807, 2.05) is 0 Å². The van der Waals surface area contributed by atoms with Crippen LogP contribution in [0.5, 0.6) is 0 Å². The average Bonchev–Trinajstić information content (AvgIpc) is 2.70. The Hall–Kier alpha value is -3.44. The lowest BCUT2D eigenvalue weighted by molar-refractivity contribution is 0.102. The molecule has 0 saturated heterocycles. The number of hydrogen-bond donors (Lipinski definition) is 3. The Labute approximate surface area is 185 Å². The van der Waals surface area contributed by atoms with Crippen LogP contribution in [0.4, 0.5) is 21.5 Å². The zero-order valence-corrected chi connectivity index (χ0v) is 18.7. The van der Waals surface area contributed by atoms with E-state index in [4.69, 9.17) is 0 Å². The number of anilines is 3. The quantitative estimate of drug-likeness (QED) is 0.480. The molecule has 0 aliphatic rings. The highest BCUT2D eigenvalue weighted by molar-refractivity contribution is 7.92. The minimum atomic E-state index is -4.06. The van der Waals surface area contributed by atoms with Crippen LogP contribution in [0.25, 0.3) is 0 Å². The van der Waals surface area contributed by atoms with Crippen molar-refractivity contribution in [2.45, 2.75) is 11.8 Å². The van der Waals surface area contributed by atoms with Gasteiger partial charge in [-0.25, -0.2) is 21.2 Å². The summed E-state index contributed by atoms with van der Waals surface area (Å²) in [7, 11) is -7.58. The van der Waals surface area contributed by atoms with Crippen molar-refractivity contribution in [1.82, 2.24) is 0 Å². The standard InChI is InChI=1S/C21H20FN3O5S2/c1-14-7-10-16(13-20(14)24-31(2,27)28)23-21(26)18-5-3-4-6-19(18)25-32(29,30)17-11-8-15(22)9-12-17/h3-13,24-25H,1-2H3,(H,23,26). The van der Waals surface area contributed by atoms with Crippen molar-refractivity contribution in [2.24, 2.45) is 0 Å². The van der Waals surface area contributed by atoms with Crippen LogP contribution in [-0.2, 0) is 20.0 Å². The van der Waals surface area contributed by atoms with Gasteiger partial charge in [0, 0.05) is 5.69 Å². The van der Waals surface area contributed by atoms with Gasteiger partial charge in [0.1, 0.15) is 5.82 Å². The highest BCUT2D eigenvalue weighted by Crippen LogP contribution is 2.24. The second-order valence-corrected chi connectivity index (χ2v) is 10.4. The van der Waals surface area contributed by atoms with Crippen molar-refractivity contribution in [3.05, 3.63) is 83.7 Å². The first kappa shape index (κ1) is 23.2. The molecule has 168 valence electrons.